The summed E-state index contributed by atoms with van der Waals surface area (Å²) in [4.78, 5) is 24.0. The Morgan fingerprint density at radius 3 is 2.76 bits per heavy atom. The Morgan fingerprint density at radius 2 is 1.97 bits per heavy atom. The van der Waals surface area contributed by atoms with Crippen molar-refractivity contribution in [2.24, 2.45) is 0 Å². The summed E-state index contributed by atoms with van der Waals surface area (Å²) in [6.07, 6.45) is 7.37. The average Bonchev–Trinajstić information content (AvgIpc) is 3.51. The second-order valence-electron chi connectivity index (χ2n) is 9.13. The molecule has 200 valence electrons. The number of fused-ring (bicyclic) bond motifs is 1. The van der Waals surface area contributed by atoms with Gasteiger partial charge in [0.2, 0.25) is 5.95 Å². The van der Waals surface area contributed by atoms with E-state index in [9.17, 15) is 13.6 Å². The van der Waals surface area contributed by atoms with E-state index in [1.165, 1.54) is 17.1 Å². The molecule has 0 aliphatic carbocycles. The fourth-order valence-electron chi connectivity index (χ4n) is 4.17. The molecule has 1 N–H and O–H groups in total. The van der Waals surface area contributed by atoms with Crippen molar-refractivity contribution in [3.63, 3.8) is 0 Å². The van der Waals surface area contributed by atoms with Crippen molar-refractivity contribution in [1.82, 2.24) is 34.4 Å². The molecule has 1 fully saturated rings. The van der Waals surface area contributed by atoms with Gasteiger partial charge in [-0.15, -0.1) is 0 Å². The Morgan fingerprint density at radius 1 is 1.13 bits per heavy atom. The first-order valence-electron chi connectivity index (χ1n) is 12.0. The number of ether oxygens (including phenoxy) is 1. The van der Waals surface area contributed by atoms with Crippen LogP contribution in [0.25, 0.3) is 11.0 Å². The van der Waals surface area contributed by atoms with Crippen LogP contribution in [0.15, 0.2) is 30.9 Å². The molecule has 38 heavy (non-hydrogen) atoms. The average molecular weight is 530 g/mol. The molecule has 0 atom stereocenters. The maximum absolute atomic E-state index is 15.4. The fraction of sp³-hybridized carbons (Fsp3) is 0.375. The molecule has 14 heteroatoms. The smallest absolute Gasteiger partial charge is 0.253 e. The molecular weight excluding hydrogens is 503 g/mol. The zero-order valence-electron chi connectivity index (χ0n) is 20.9. The third-order valence-corrected chi connectivity index (χ3v) is 6.07. The number of carbonyl (C=O) groups excluding carboxylic acids is 1. The second kappa shape index (κ2) is 10.8. The van der Waals surface area contributed by atoms with E-state index in [0.717, 1.165) is 24.4 Å². The van der Waals surface area contributed by atoms with Crippen molar-refractivity contribution < 1.29 is 22.7 Å². The largest absolute Gasteiger partial charge is 0.370 e. The zero-order valence-corrected chi connectivity index (χ0v) is 20.9. The molecule has 0 spiro atoms. The van der Waals surface area contributed by atoms with Crippen molar-refractivity contribution in [3.05, 3.63) is 53.9 Å². The molecule has 11 nitrogen and oxygen atoms in total. The van der Waals surface area contributed by atoms with E-state index >= 15 is 4.39 Å². The summed E-state index contributed by atoms with van der Waals surface area (Å²) < 4.78 is 52.8. The number of rotatable bonds is 9. The normalized spacial score (nSPS) is 14.2. The molecule has 0 unspecified atom stereocenters. The lowest BCUT2D eigenvalue weighted by molar-refractivity contribution is -0.125. The number of hydrogen-bond donors (Lipinski definition) is 1. The van der Waals surface area contributed by atoms with Crippen LogP contribution in [0.4, 0.5) is 30.5 Å². The van der Waals surface area contributed by atoms with Gasteiger partial charge in [-0.05, 0) is 27.1 Å². The van der Waals surface area contributed by atoms with Gasteiger partial charge in [0.1, 0.15) is 6.61 Å². The number of morpholine rings is 1. The minimum Gasteiger partial charge on any atom is -0.370 e. The topological polar surface area (TPSA) is 106 Å². The predicted octanol–water partition coefficient (Wildman–Crippen LogP) is 2.55. The van der Waals surface area contributed by atoms with Crippen LogP contribution in [0.2, 0.25) is 0 Å². The van der Waals surface area contributed by atoms with Crippen molar-refractivity contribution in [3.8, 4) is 0 Å². The Labute approximate surface area is 215 Å². The summed E-state index contributed by atoms with van der Waals surface area (Å²) in [5.41, 5.74) is 0.0369. The minimum atomic E-state index is -1.36. The number of nitrogens with zero attached hydrogens (tertiary/aromatic N) is 8. The maximum Gasteiger partial charge on any atom is 0.253 e. The standard InChI is InChI=1S/C24H26F3N9O2/c1-33(2)4-3-5-34-12-16(11-29-34)31-24-28-9-15-10-30-36(23(15)32-24)13-17-21(26)18(25)8-19(22(17)27)35-6-7-38-14-20(35)37/h8-12H,3-7,13-14H2,1-2H3,(H,28,31,32). The van der Waals surface area contributed by atoms with E-state index in [2.05, 4.69) is 30.4 Å². The maximum atomic E-state index is 15.4. The number of amides is 1. The third-order valence-electron chi connectivity index (χ3n) is 6.07. The van der Waals surface area contributed by atoms with E-state index < -0.39 is 35.5 Å². The van der Waals surface area contributed by atoms with Crippen LogP contribution in [0, 0.1) is 17.5 Å². The minimum absolute atomic E-state index is 0.0272. The molecule has 1 saturated heterocycles. The number of benzene rings is 1. The van der Waals surface area contributed by atoms with Gasteiger partial charge in [-0.2, -0.15) is 15.2 Å². The SMILES string of the molecule is CN(C)CCCn1cc(Nc2ncc3cnn(Cc4c(F)c(F)cc(N5CCOCC5=O)c4F)c3n2)cn1. The van der Waals surface area contributed by atoms with Crippen LogP contribution in [0.1, 0.15) is 12.0 Å². The van der Waals surface area contributed by atoms with Gasteiger partial charge in [0.05, 0.1) is 47.9 Å². The first-order valence-corrected chi connectivity index (χ1v) is 12.0. The number of halogens is 3. The predicted molar refractivity (Wildman–Crippen MR) is 133 cm³/mol. The highest BCUT2D eigenvalue weighted by molar-refractivity contribution is 5.95. The molecule has 4 heterocycles. The van der Waals surface area contributed by atoms with Gasteiger partial charge in [0.15, 0.2) is 23.1 Å². The molecule has 0 bridgehead atoms. The first kappa shape index (κ1) is 25.6. The molecule has 4 aromatic rings. The highest BCUT2D eigenvalue weighted by Gasteiger charge is 2.28. The van der Waals surface area contributed by atoms with Crippen LogP contribution < -0.4 is 10.2 Å². The number of aryl methyl sites for hydroxylation is 1. The lowest BCUT2D eigenvalue weighted by Gasteiger charge is -2.28. The highest BCUT2D eigenvalue weighted by Crippen LogP contribution is 2.29. The Bertz CT molecular complexity index is 1470. The first-order chi connectivity index (χ1) is 18.3. The molecule has 1 amide bonds. The van der Waals surface area contributed by atoms with Crippen molar-refractivity contribution in [2.75, 3.05) is 50.6 Å². The highest BCUT2D eigenvalue weighted by atomic mass is 19.2. The van der Waals surface area contributed by atoms with Crippen molar-refractivity contribution in [2.45, 2.75) is 19.5 Å². The summed E-state index contributed by atoms with van der Waals surface area (Å²) in [6, 6.07) is 0.684. The molecule has 5 rings (SSSR count). The Balaban J connectivity index is 1.39. The van der Waals surface area contributed by atoms with E-state index in [0.29, 0.717) is 17.1 Å². The van der Waals surface area contributed by atoms with Crippen LogP contribution in [0.3, 0.4) is 0 Å². The monoisotopic (exact) mass is 529 g/mol. The van der Waals surface area contributed by atoms with Crippen LogP contribution in [-0.4, -0.2) is 80.7 Å². The van der Waals surface area contributed by atoms with Crippen LogP contribution >= 0.6 is 0 Å². The molecular formula is C24H26F3N9O2. The van der Waals surface area contributed by atoms with E-state index in [-0.39, 0.29) is 37.0 Å². The van der Waals surface area contributed by atoms with Gasteiger partial charge in [-0.25, -0.2) is 22.8 Å². The van der Waals surface area contributed by atoms with Gasteiger partial charge in [-0.3, -0.25) is 9.48 Å². The van der Waals surface area contributed by atoms with Gasteiger partial charge >= 0.3 is 0 Å². The Hall–Kier alpha value is -4.04. The molecule has 1 aliphatic heterocycles. The molecule has 0 saturated carbocycles. The lowest BCUT2D eigenvalue weighted by atomic mass is 10.1. The van der Waals surface area contributed by atoms with E-state index in [4.69, 9.17) is 4.74 Å². The summed E-state index contributed by atoms with van der Waals surface area (Å²) in [6.45, 7) is 1.15. The number of anilines is 3. The van der Waals surface area contributed by atoms with E-state index in [1.54, 1.807) is 10.9 Å². The van der Waals surface area contributed by atoms with Crippen LogP contribution in [-0.2, 0) is 22.6 Å². The molecule has 0 radical (unpaired) electrons. The molecule has 1 aliphatic rings. The number of carbonyl (C=O) groups is 1. The zero-order chi connectivity index (χ0) is 26.8. The third kappa shape index (κ3) is 5.31. The number of nitrogens with one attached hydrogen (secondary N) is 1. The summed E-state index contributed by atoms with van der Waals surface area (Å²) >= 11 is 0. The van der Waals surface area contributed by atoms with Crippen LogP contribution in [0.5, 0.6) is 0 Å². The summed E-state index contributed by atoms with van der Waals surface area (Å²) in [7, 11) is 4.02. The molecule has 1 aromatic carbocycles. The van der Waals surface area contributed by atoms with Crippen molar-refractivity contribution >= 4 is 34.3 Å². The quantitative estimate of drug-likeness (QED) is 0.330. The van der Waals surface area contributed by atoms with Gasteiger partial charge in [0, 0.05) is 31.5 Å². The number of hydrogen-bond acceptors (Lipinski definition) is 8. The lowest BCUT2D eigenvalue weighted by Crippen LogP contribution is -2.42. The summed E-state index contributed by atoms with van der Waals surface area (Å²) in [5.74, 6) is -3.98. The molecule has 3 aromatic heterocycles. The van der Waals surface area contributed by atoms with Gasteiger partial charge in [-0.1, -0.05) is 0 Å². The Kier molecular flexibility index (Phi) is 7.24. The van der Waals surface area contributed by atoms with Gasteiger partial charge in [0.25, 0.3) is 5.91 Å². The number of aromatic nitrogens is 6. The fourth-order valence-corrected chi connectivity index (χ4v) is 4.17. The van der Waals surface area contributed by atoms with E-state index in [1.807, 2.05) is 20.3 Å². The van der Waals surface area contributed by atoms with Crippen molar-refractivity contribution in [1.29, 1.82) is 0 Å². The van der Waals surface area contributed by atoms with Gasteiger partial charge < -0.3 is 19.9 Å². The summed E-state index contributed by atoms with van der Waals surface area (Å²) in [5, 5.41) is 12.1. The second-order valence-corrected chi connectivity index (χ2v) is 9.13.